The van der Waals surface area contributed by atoms with Crippen LogP contribution in [0.4, 0.5) is 0 Å². The number of aromatic nitrogens is 2. The number of unbranched alkanes of at least 4 members (excludes halogenated alkanes) is 9. The largest absolute Gasteiger partial charge is 0.249 e. The SMILES string of the molecule is CCCCCCCCCCCCC([n+]1ccn(-c2ccccc2)c1)C(C)(Cc1ccccc1)c1ccccc1. The minimum Gasteiger partial charge on any atom is -0.233 e. The standard InChI is InChI=1S/C37H49N2/c1-3-4-5-6-7-8-9-10-11-21-28-36(39-30-29-38(32-39)35-26-19-14-20-27-35)37(2,34-24-17-13-18-25-34)31-33-22-15-12-16-23-33/h12-20,22-27,29-30,32,36H,3-11,21,28,31H2,1-2H3/q+1. The van der Waals surface area contributed by atoms with Gasteiger partial charge in [0.1, 0.15) is 24.1 Å². The van der Waals surface area contributed by atoms with E-state index in [0.717, 1.165) is 6.42 Å². The summed E-state index contributed by atoms with van der Waals surface area (Å²) in [6.07, 6.45) is 22.7. The zero-order chi connectivity index (χ0) is 27.2. The molecule has 4 aromatic rings. The minimum absolute atomic E-state index is 0.0323. The monoisotopic (exact) mass is 521 g/mol. The highest BCUT2D eigenvalue weighted by molar-refractivity contribution is 5.31. The van der Waals surface area contributed by atoms with Gasteiger partial charge in [0.15, 0.2) is 0 Å². The zero-order valence-corrected chi connectivity index (χ0v) is 24.3. The fourth-order valence-electron chi connectivity index (χ4n) is 6.18. The summed E-state index contributed by atoms with van der Waals surface area (Å²) >= 11 is 0. The maximum atomic E-state index is 2.50. The van der Waals surface area contributed by atoms with Crippen molar-refractivity contribution in [2.24, 2.45) is 0 Å². The van der Waals surface area contributed by atoms with E-state index >= 15 is 0 Å². The van der Waals surface area contributed by atoms with Gasteiger partial charge in [0, 0.05) is 5.41 Å². The molecule has 0 aliphatic heterocycles. The minimum atomic E-state index is -0.0323. The summed E-state index contributed by atoms with van der Waals surface area (Å²) in [6, 6.07) is 33.3. The number of imidazole rings is 1. The molecule has 0 amide bonds. The molecule has 4 rings (SSSR count). The Morgan fingerprint density at radius 1 is 0.667 bits per heavy atom. The van der Waals surface area contributed by atoms with Crippen molar-refractivity contribution in [2.75, 3.05) is 0 Å². The van der Waals surface area contributed by atoms with Crippen LogP contribution in [0.25, 0.3) is 5.69 Å². The molecule has 0 aliphatic carbocycles. The van der Waals surface area contributed by atoms with Crippen LogP contribution in [0.2, 0.25) is 0 Å². The van der Waals surface area contributed by atoms with Crippen molar-refractivity contribution in [2.45, 2.75) is 102 Å². The van der Waals surface area contributed by atoms with Crippen molar-refractivity contribution >= 4 is 0 Å². The number of para-hydroxylation sites is 1. The first kappa shape index (κ1) is 28.9. The second-order valence-corrected chi connectivity index (χ2v) is 11.5. The van der Waals surface area contributed by atoms with Crippen LogP contribution in [-0.4, -0.2) is 4.57 Å². The van der Waals surface area contributed by atoms with E-state index < -0.39 is 0 Å². The molecule has 0 fully saturated rings. The molecule has 206 valence electrons. The lowest BCUT2D eigenvalue weighted by Gasteiger charge is -2.37. The Kier molecular flexibility index (Phi) is 11.4. The van der Waals surface area contributed by atoms with Gasteiger partial charge < -0.3 is 0 Å². The first-order chi connectivity index (χ1) is 19.2. The molecule has 39 heavy (non-hydrogen) atoms. The lowest BCUT2D eigenvalue weighted by molar-refractivity contribution is -0.732. The first-order valence-electron chi connectivity index (χ1n) is 15.4. The normalized spacial score (nSPS) is 13.7. The molecule has 2 unspecified atom stereocenters. The van der Waals surface area contributed by atoms with E-state index in [0.29, 0.717) is 6.04 Å². The third-order valence-electron chi connectivity index (χ3n) is 8.49. The highest BCUT2D eigenvalue weighted by atomic mass is 15.1. The van der Waals surface area contributed by atoms with Crippen LogP contribution in [0.1, 0.15) is 102 Å². The van der Waals surface area contributed by atoms with Crippen LogP contribution in [0.5, 0.6) is 0 Å². The molecule has 2 atom stereocenters. The van der Waals surface area contributed by atoms with Crippen LogP contribution >= 0.6 is 0 Å². The average Bonchev–Trinajstić information content (AvgIpc) is 3.47. The Bertz CT molecular complexity index is 1180. The van der Waals surface area contributed by atoms with Crippen LogP contribution in [0.3, 0.4) is 0 Å². The third kappa shape index (κ3) is 8.43. The van der Waals surface area contributed by atoms with Gasteiger partial charge in [-0.1, -0.05) is 150 Å². The van der Waals surface area contributed by atoms with Crippen LogP contribution < -0.4 is 4.57 Å². The first-order valence-corrected chi connectivity index (χ1v) is 15.4. The average molecular weight is 522 g/mol. The summed E-state index contributed by atoms with van der Waals surface area (Å²) in [5.41, 5.74) is 4.00. The van der Waals surface area contributed by atoms with Crippen molar-refractivity contribution in [3.05, 3.63) is 121 Å². The second-order valence-electron chi connectivity index (χ2n) is 11.5. The van der Waals surface area contributed by atoms with Crippen molar-refractivity contribution < 1.29 is 4.57 Å². The number of rotatable bonds is 17. The summed E-state index contributed by atoms with van der Waals surface area (Å²) in [6.45, 7) is 4.79. The van der Waals surface area contributed by atoms with Crippen molar-refractivity contribution in [3.8, 4) is 5.69 Å². The van der Waals surface area contributed by atoms with Crippen molar-refractivity contribution in [1.82, 2.24) is 4.57 Å². The smallest absolute Gasteiger partial charge is 0.233 e. The fraction of sp³-hybridized carbons (Fsp3) is 0.432. The van der Waals surface area contributed by atoms with E-state index in [1.807, 2.05) is 0 Å². The molecule has 1 heterocycles. The molecular formula is C37H49N2+. The molecule has 0 aliphatic rings. The topological polar surface area (TPSA) is 8.81 Å². The Balaban J connectivity index is 1.52. The van der Waals surface area contributed by atoms with Gasteiger partial charge in [-0.25, -0.2) is 9.13 Å². The maximum Gasteiger partial charge on any atom is 0.249 e. The van der Waals surface area contributed by atoms with Gasteiger partial charge in [-0.3, -0.25) is 0 Å². The van der Waals surface area contributed by atoms with E-state index in [1.165, 1.54) is 87.4 Å². The Morgan fingerprint density at radius 3 is 1.82 bits per heavy atom. The summed E-state index contributed by atoms with van der Waals surface area (Å²) in [5, 5.41) is 0. The Morgan fingerprint density at radius 2 is 1.21 bits per heavy atom. The lowest BCUT2D eigenvalue weighted by Crippen LogP contribution is -2.50. The number of hydrogen-bond donors (Lipinski definition) is 0. The van der Waals surface area contributed by atoms with Gasteiger partial charge in [-0.2, -0.15) is 0 Å². The van der Waals surface area contributed by atoms with Gasteiger partial charge in [0.05, 0.1) is 0 Å². The van der Waals surface area contributed by atoms with Gasteiger partial charge in [0.25, 0.3) is 0 Å². The molecule has 0 N–H and O–H groups in total. The fourth-order valence-corrected chi connectivity index (χ4v) is 6.18. The van der Waals surface area contributed by atoms with Gasteiger partial charge in [-0.15, -0.1) is 0 Å². The van der Waals surface area contributed by atoms with Crippen LogP contribution in [0, 0.1) is 0 Å². The molecule has 0 saturated heterocycles. The summed E-state index contributed by atoms with van der Waals surface area (Å²) in [7, 11) is 0. The van der Waals surface area contributed by atoms with E-state index in [1.54, 1.807) is 0 Å². The third-order valence-corrected chi connectivity index (χ3v) is 8.49. The molecule has 0 bridgehead atoms. The number of hydrogen-bond acceptors (Lipinski definition) is 0. The van der Waals surface area contributed by atoms with Gasteiger partial charge in [0.2, 0.25) is 6.33 Å². The van der Waals surface area contributed by atoms with E-state index in [9.17, 15) is 0 Å². The quantitative estimate of drug-likeness (QED) is 0.0965. The molecule has 0 saturated carbocycles. The molecule has 0 radical (unpaired) electrons. The predicted molar refractivity (Wildman–Crippen MR) is 165 cm³/mol. The number of nitrogens with zero attached hydrogens (tertiary/aromatic N) is 2. The highest BCUT2D eigenvalue weighted by Crippen LogP contribution is 2.39. The molecule has 2 nitrogen and oxygen atoms in total. The maximum absolute atomic E-state index is 2.50. The van der Waals surface area contributed by atoms with Crippen LogP contribution in [0.15, 0.2) is 110 Å². The van der Waals surface area contributed by atoms with Crippen LogP contribution in [-0.2, 0) is 11.8 Å². The zero-order valence-electron chi connectivity index (χ0n) is 24.3. The highest BCUT2D eigenvalue weighted by Gasteiger charge is 2.40. The van der Waals surface area contributed by atoms with E-state index in [4.69, 9.17) is 0 Å². The predicted octanol–water partition coefficient (Wildman–Crippen LogP) is 9.82. The molecule has 0 spiro atoms. The van der Waals surface area contributed by atoms with Gasteiger partial charge in [-0.05, 0) is 42.5 Å². The summed E-state index contributed by atoms with van der Waals surface area (Å²) in [5.74, 6) is 0. The summed E-state index contributed by atoms with van der Waals surface area (Å²) < 4.78 is 4.76. The van der Waals surface area contributed by atoms with E-state index in [2.05, 4.69) is 133 Å². The molecule has 1 aromatic heterocycles. The Labute approximate surface area is 237 Å². The molecular weight excluding hydrogens is 472 g/mol. The molecule has 2 heteroatoms. The Hall–Kier alpha value is -3.13. The van der Waals surface area contributed by atoms with E-state index in [-0.39, 0.29) is 5.41 Å². The summed E-state index contributed by atoms with van der Waals surface area (Å²) in [4.78, 5) is 0. The van der Waals surface area contributed by atoms with Gasteiger partial charge >= 0.3 is 0 Å². The van der Waals surface area contributed by atoms with Crippen molar-refractivity contribution in [1.29, 1.82) is 0 Å². The van der Waals surface area contributed by atoms with Crippen molar-refractivity contribution in [3.63, 3.8) is 0 Å². The number of benzene rings is 3. The second kappa shape index (κ2) is 15.5. The molecule has 3 aromatic carbocycles. The lowest BCUT2D eigenvalue weighted by atomic mass is 9.70.